The van der Waals surface area contributed by atoms with Crippen molar-refractivity contribution >= 4 is 84.8 Å². The number of nitrogens with one attached hydrogen (secondary N) is 3. The van der Waals surface area contributed by atoms with Gasteiger partial charge in [-0.25, -0.2) is 4.79 Å². The van der Waals surface area contributed by atoms with E-state index in [4.69, 9.17) is 25.8 Å². The van der Waals surface area contributed by atoms with Gasteiger partial charge in [0.2, 0.25) is 47.3 Å². The predicted molar refractivity (Wildman–Crippen MR) is 358 cm³/mol. The summed E-state index contributed by atoms with van der Waals surface area (Å²) >= 11 is 6.07. The molecule has 0 saturated carbocycles. The van der Waals surface area contributed by atoms with Gasteiger partial charge in [0, 0.05) is 61.3 Å². The molecule has 3 N–H and O–H groups in total. The number of likely N-dealkylation sites (N-methyl/N-ethyl adjacent to an activating group) is 5. The lowest BCUT2D eigenvalue weighted by molar-refractivity contribution is -0.165. The second kappa shape index (κ2) is 35.4. The maximum Gasteiger partial charge on any atom is 0.329 e. The van der Waals surface area contributed by atoms with E-state index in [1.165, 1.54) is 61.8 Å². The van der Waals surface area contributed by atoms with Crippen LogP contribution in [0.25, 0.3) is 0 Å². The first-order valence-corrected chi connectivity index (χ1v) is 36.9. The van der Waals surface area contributed by atoms with Crippen LogP contribution in [-0.2, 0) is 75.2 Å². The number of benzene rings is 2. The Bertz CT molecular complexity index is 2930. The fraction of sp³-hybridized carbons (Fsp3) is 0.662. The molecule has 25 heteroatoms. The quantitative estimate of drug-likeness (QED) is 0.115. The number of cyclic esters (lactones) is 1. The fourth-order valence-electron chi connectivity index (χ4n) is 11.9. The molecule has 0 aromatic heterocycles. The zero-order valence-corrected chi connectivity index (χ0v) is 60.2. The van der Waals surface area contributed by atoms with Crippen molar-refractivity contribution in [2.24, 2.45) is 29.6 Å². The number of nitrogens with zero attached hydrogens (tertiary/aromatic N) is 6. The monoisotopic (exact) mass is 1340 g/mol. The van der Waals surface area contributed by atoms with Crippen molar-refractivity contribution in [1.82, 2.24) is 45.3 Å². The lowest BCUT2D eigenvalue weighted by Crippen LogP contribution is -2.63. The molecule has 0 unspecified atom stereocenters. The van der Waals surface area contributed by atoms with Gasteiger partial charge in [-0.15, -0.1) is 0 Å². The molecule has 93 heavy (non-hydrogen) atoms. The van der Waals surface area contributed by atoms with Gasteiger partial charge in [-0.1, -0.05) is 138 Å². The van der Waals surface area contributed by atoms with E-state index >= 15 is 14.4 Å². The largest absolute Gasteiger partial charge is 0.489 e. The van der Waals surface area contributed by atoms with Crippen LogP contribution in [0.2, 0.25) is 30.7 Å². The maximum atomic E-state index is 15.3. The molecule has 0 bridgehead atoms. The average molecular weight is 1340 g/mol. The number of hydrogen-bond acceptors (Lipinski definition) is 14. The third-order valence-corrected chi connectivity index (χ3v) is 20.0. The Morgan fingerprint density at radius 2 is 1.16 bits per heavy atom. The topological polar surface area (TPSA) is 271 Å². The van der Waals surface area contributed by atoms with Crippen LogP contribution in [0.4, 0.5) is 0 Å². The standard InChI is InChI=1S/C68H106ClN9O14Si/c1-20-43(9)58-60(81)70-38-53(79)74(13)56(41(5)6)61(82)71-50(36-46-27-31-49(32-28-46)91-39-47-25-29-48(69)30-26-47)68(89)92-45(11)63(84)78-33-23-22-24-51(78)64(85)75(14)57(42(7)8)62(83)72-55(40(3)4)66(87)73(12)52(37-54(80)90-34-35-93(17,18)19)65(86)77(16)59(44(10)21-2)67(88)76(58)15/h25-32,40-45,50-52,55-59H,20-24,33-39H2,1-19H3,(H,70,81)(H,71,82)(H,72,83)/t43-,44-,45+,50-,51-,52-,55-,56-,57-,58-,59-/m0/s1. The van der Waals surface area contributed by atoms with Crippen LogP contribution < -0.4 is 20.7 Å². The van der Waals surface area contributed by atoms with E-state index in [0.29, 0.717) is 48.1 Å². The highest BCUT2D eigenvalue weighted by molar-refractivity contribution is 6.76. The van der Waals surface area contributed by atoms with Gasteiger partial charge in [-0.05, 0) is 97.2 Å². The summed E-state index contributed by atoms with van der Waals surface area (Å²) in [5.41, 5.74) is 1.44. The number of fused-ring (bicyclic) bond motifs is 1. The number of esters is 2. The Morgan fingerprint density at radius 3 is 1.72 bits per heavy atom. The van der Waals surface area contributed by atoms with Gasteiger partial charge in [0.15, 0.2) is 6.10 Å². The zero-order chi connectivity index (χ0) is 70.1. The molecule has 2 aliphatic rings. The van der Waals surface area contributed by atoms with Crippen LogP contribution in [0.3, 0.4) is 0 Å². The highest BCUT2D eigenvalue weighted by Gasteiger charge is 2.46. The van der Waals surface area contributed by atoms with Gasteiger partial charge >= 0.3 is 11.9 Å². The number of carbonyl (C=O) groups excluding carboxylic acids is 11. The first-order valence-electron chi connectivity index (χ1n) is 32.8. The Morgan fingerprint density at radius 1 is 0.624 bits per heavy atom. The molecular formula is C68H106ClN9O14Si. The van der Waals surface area contributed by atoms with Crippen LogP contribution in [0.5, 0.6) is 5.75 Å². The average Bonchev–Trinajstić information content (AvgIpc) is 0.863. The Kier molecular flexibility index (Phi) is 29.9. The van der Waals surface area contributed by atoms with Crippen molar-refractivity contribution in [3.8, 4) is 5.75 Å². The Balaban J connectivity index is 1.88. The zero-order valence-electron chi connectivity index (χ0n) is 58.5. The number of piperidine rings is 1. The predicted octanol–water partition coefficient (Wildman–Crippen LogP) is 6.34. The molecule has 4 rings (SSSR count). The molecule has 0 spiro atoms. The molecule has 2 heterocycles. The third kappa shape index (κ3) is 21.5. The van der Waals surface area contributed by atoms with Gasteiger partial charge in [-0.3, -0.25) is 47.9 Å². The molecular weight excluding hydrogens is 1230 g/mol. The molecule has 518 valence electrons. The molecule has 9 amide bonds. The van der Waals surface area contributed by atoms with Crippen LogP contribution in [0.1, 0.15) is 126 Å². The summed E-state index contributed by atoms with van der Waals surface area (Å²) in [4.78, 5) is 170. The summed E-state index contributed by atoms with van der Waals surface area (Å²) in [7, 11) is 5.30. The van der Waals surface area contributed by atoms with Gasteiger partial charge in [-0.2, -0.15) is 0 Å². The summed E-state index contributed by atoms with van der Waals surface area (Å²) in [5.74, 6) is -10.4. The summed E-state index contributed by atoms with van der Waals surface area (Å²) in [6.07, 6.45) is -0.251. The molecule has 23 nitrogen and oxygen atoms in total. The van der Waals surface area contributed by atoms with Crippen molar-refractivity contribution < 1.29 is 67.0 Å². The first kappa shape index (κ1) is 78.4. The number of halogens is 1. The second-order valence-corrected chi connectivity index (χ2v) is 33.5. The summed E-state index contributed by atoms with van der Waals surface area (Å²) < 4.78 is 17.7. The fourth-order valence-corrected chi connectivity index (χ4v) is 12.7. The van der Waals surface area contributed by atoms with E-state index in [2.05, 4.69) is 35.6 Å². The minimum absolute atomic E-state index is 0.0744. The highest BCUT2D eigenvalue weighted by Crippen LogP contribution is 2.27. The summed E-state index contributed by atoms with van der Waals surface area (Å²) in [6.45, 7) is 24.9. The number of ether oxygens (including phenoxy) is 3. The number of amides is 9. The lowest BCUT2D eigenvalue weighted by Gasteiger charge is -2.41. The summed E-state index contributed by atoms with van der Waals surface area (Å²) in [5, 5.41) is 8.95. The van der Waals surface area contributed by atoms with Gasteiger partial charge in [0.1, 0.15) is 60.7 Å². The van der Waals surface area contributed by atoms with E-state index < -0.39 is 170 Å². The molecule has 11 atom stereocenters. The Labute approximate surface area is 557 Å². The van der Waals surface area contributed by atoms with Crippen molar-refractivity contribution in [3.63, 3.8) is 0 Å². The first-order chi connectivity index (χ1) is 43.5. The van der Waals surface area contributed by atoms with Crippen molar-refractivity contribution in [3.05, 3.63) is 64.7 Å². The molecule has 0 aliphatic carbocycles. The smallest absolute Gasteiger partial charge is 0.329 e. The van der Waals surface area contributed by atoms with Crippen LogP contribution in [-0.4, -0.2) is 212 Å². The molecule has 2 aromatic carbocycles. The van der Waals surface area contributed by atoms with Crippen LogP contribution in [0, 0.1) is 29.6 Å². The normalized spacial score (nSPS) is 24.8. The number of hydrogen-bond donors (Lipinski definition) is 3. The third-order valence-electron chi connectivity index (χ3n) is 18.0. The van der Waals surface area contributed by atoms with Crippen molar-refractivity contribution in [2.75, 3.05) is 54.9 Å². The minimum Gasteiger partial charge on any atom is -0.489 e. The maximum absolute atomic E-state index is 15.3. The van der Waals surface area contributed by atoms with E-state index in [0.717, 1.165) is 15.4 Å². The molecule has 2 saturated heterocycles. The SMILES string of the molecule is CC[C@H](C)[C@H]1C(=O)NCC(=O)N(C)[C@@H](C(C)C)C(=O)N[C@@H](Cc2ccc(OCc3ccc(Cl)cc3)cc2)C(=O)O[C@H](C)C(=O)N2CCCC[C@H]2C(=O)N(C)[C@@H](C(C)C)C(=O)N[C@@H](C(C)C)C(=O)N(C)[C@@H](CC(=O)OCC[Si](C)(C)C)C(=O)N(C)[C@@H]([C@@H](C)CC)C(=O)N1C. The molecule has 0 radical (unpaired) electrons. The van der Waals surface area contributed by atoms with Gasteiger partial charge in [0.25, 0.3) is 5.91 Å². The van der Waals surface area contributed by atoms with E-state index in [-0.39, 0.29) is 32.6 Å². The molecule has 2 fully saturated rings. The van der Waals surface area contributed by atoms with Gasteiger partial charge in [0.05, 0.1) is 19.6 Å². The summed E-state index contributed by atoms with van der Waals surface area (Å²) in [6, 6.07) is 4.25. The van der Waals surface area contributed by atoms with E-state index in [9.17, 15) is 38.4 Å². The van der Waals surface area contributed by atoms with Gasteiger partial charge < -0.3 is 59.6 Å². The van der Waals surface area contributed by atoms with E-state index in [1.807, 2.05) is 26.0 Å². The lowest BCUT2D eigenvalue weighted by atomic mass is 9.92. The van der Waals surface area contributed by atoms with Crippen LogP contribution in [0.15, 0.2) is 48.5 Å². The molecule has 2 aliphatic heterocycles. The number of carbonyl (C=O) groups is 11. The van der Waals surface area contributed by atoms with Crippen LogP contribution >= 0.6 is 11.6 Å². The van der Waals surface area contributed by atoms with Crippen molar-refractivity contribution in [2.45, 2.75) is 208 Å². The molecule has 2 aromatic rings. The minimum atomic E-state index is -1.71. The second-order valence-electron chi connectivity index (χ2n) is 27.5. The van der Waals surface area contributed by atoms with Crippen molar-refractivity contribution in [1.29, 1.82) is 0 Å². The Hall–Kier alpha value is -7.08. The number of rotatable bonds is 17. The van der Waals surface area contributed by atoms with E-state index in [1.54, 1.807) is 91.8 Å². The highest BCUT2D eigenvalue weighted by atomic mass is 35.5.